The Balaban J connectivity index is 1.74. The zero-order chi connectivity index (χ0) is 18.7. The Kier molecular flexibility index (Phi) is 3.32. The van der Waals surface area contributed by atoms with Crippen LogP contribution in [0.15, 0.2) is 36.4 Å². The number of fused-ring (bicyclic) bond motifs is 2. The number of aliphatic hydroxyl groups is 1. The molecule has 7 heteroatoms. The lowest BCUT2D eigenvalue weighted by Gasteiger charge is -2.13. The molecule has 2 heterocycles. The van der Waals surface area contributed by atoms with Crippen molar-refractivity contribution in [1.82, 2.24) is 9.80 Å². The van der Waals surface area contributed by atoms with Gasteiger partial charge in [0.2, 0.25) is 0 Å². The first kappa shape index (κ1) is 16.2. The van der Waals surface area contributed by atoms with E-state index < -0.39 is 17.9 Å². The fourth-order valence-electron chi connectivity index (χ4n) is 3.29. The molecule has 4 amide bonds. The van der Waals surface area contributed by atoms with E-state index in [1.165, 1.54) is 38.4 Å². The highest BCUT2D eigenvalue weighted by Gasteiger charge is 2.35. The van der Waals surface area contributed by atoms with Gasteiger partial charge in [0.1, 0.15) is 6.10 Å². The molecule has 7 nitrogen and oxygen atoms in total. The van der Waals surface area contributed by atoms with Crippen LogP contribution in [0.25, 0.3) is 0 Å². The molecule has 2 aliphatic rings. The molecule has 0 saturated heterocycles. The monoisotopic (exact) mass is 350 g/mol. The van der Waals surface area contributed by atoms with Crippen molar-refractivity contribution in [2.24, 2.45) is 0 Å². The summed E-state index contributed by atoms with van der Waals surface area (Å²) in [7, 11) is 2.81. The third-order valence-electron chi connectivity index (χ3n) is 4.86. The predicted molar refractivity (Wildman–Crippen MR) is 89.8 cm³/mol. The molecule has 0 bridgehead atoms. The van der Waals surface area contributed by atoms with Crippen molar-refractivity contribution >= 4 is 23.6 Å². The minimum absolute atomic E-state index is 0.237. The second-order valence-electron chi connectivity index (χ2n) is 6.35. The minimum Gasteiger partial charge on any atom is -0.384 e. The minimum atomic E-state index is -1.10. The summed E-state index contributed by atoms with van der Waals surface area (Å²) < 4.78 is 0. The quantitative estimate of drug-likeness (QED) is 0.822. The molecule has 0 atom stereocenters. The number of aliphatic hydroxyl groups excluding tert-OH is 1. The number of imide groups is 2. The smallest absolute Gasteiger partial charge is 0.261 e. The van der Waals surface area contributed by atoms with Gasteiger partial charge >= 0.3 is 0 Å². The third-order valence-corrected chi connectivity index (χ3v) is 4.86. The Hall–Kier alpha value is -3.32. The van der Waals surface area contributed by atoms with E-state index in [9.17, 15) is 24.3 Å². The Bertz CT molecular complexity index is 945. The van der Waals surface area contributed by atoms with Crippen LogP contribution >= 0.6 is 0 Å². The fraction of sp³-hybridized carbons (Fsp3) is 0.158. The topological polar surface area (TPSA) is 95.0 Å². The Morgan fingerprint density at radius 3 is 1.38 bits per heavy atom. The van der Waals surface area contributed by atoms with Crippen LogP contribution in [0, 0.1) is 0 Å². The molecule has 26 heavy (non-hydrogen) atoms. The Morgan fingerprint density at radius 2 is 1.00 bits per heavy atom. The lowest BCUT2D eigenvalue weighted by atomic mass is 9.95. The van der Waals surface area contributed by atoms with E-state index in [-0.39, 0.29) is 22.9 Å². The second kappa shape index (κ2) is 5.34. The van der Waals surface area contributed by atoms with Crippen molar-refractivity contribution < 1.29 is 24.3 Å². The van der Waals surface area contributed by atoms with Gasteiger partial charge in [0.15, 0.2) is 0 Å². The van der Waals surface area contributed by atoms with Gasteiger partial charge in [0, 0.05) is 14.1 Å². The summed E-state index contributed by atoms with van der Waals surface area (Å²) in [5, 5.41) is 10.7. The van der Waals surface area contributed by atoms with Gasteiger partial charge in [-0.3, -0.25) is 29.0 Å². The van der Waals surface area contributed by atoms with E-state index in [1.54, 1.807) is 12.1 Å². The Labute approximate surface area is 148 Å². The van der Waals surface area contributed by atoms with Gasteiger partial charge in [-0.1, -0.05) is 12.1 Å². The van der Waals surface area contributed by atoms with Crippen LogP contribution in [-0.4, -0.2) is 52.6 Å². The fourth-order valence-corrected chi connectivity index (χ4v) is 3.29. The number of hydrogen-bond acceptors (Lipinski definition) is 5. The van der Waals surface area contributed by atoms with Gasteiger partial charge in [0.25, 0.3) is 23.6 Å². The number of benzene rings is 2. The van der Waals surface area contributed by atoms with Crippen LogP contribution in [0.3, 0.4) is 0 Å². The van der Waals surface area contributed by atoms with Crippen LogP contribution in [0.4, 0.5) is 0 Å². The van der Waals surface area contributed by atoms with Crippen molar-refractivity contribution in [3.63, 3.8) is 0 Å². The lowest BCUT2D eigenvalue weighted by Crippen LogP contribution is -2.24. The molecule has 130 valence electrons. The van der Waals surface area contributed by atoms with E-state index >= 15 is 0 Å². The summed E-state index contributed by atoms with van der Waals surface area (Å²) in [5.74, 6) is -1.60. The van der Waals surface area contributed by atoms with E-state index in [0.717, 1.165) is 9.80 Å². The van der Waals surface area contributed by atoms with Crippen LogP contribution in [0.2, 0.25) is 0 Å². The van der Waals surface area contributed by atoms with Crippen molar-refractivity contribution in [3.05, 3.63) is 69.8 Å². The molecule has 1 N–H and O–H groups in total. The maximum absolute atomic E-state index is 12.1. The molecule has 0 unspecified atom stereocenters. The van der Waals surface area contributed by atoms with Crippen LogP contribution in [-0.2, 0) is 0 Å². The predicted octanol–water partition coefficient (Wildman–Crippen LogP) is 1.22. The van der Waals surface area contributed by atoms with E-state index in [1.807, 2.05) is 0 Å². The van der Waals surface area contributed by atoms with Gasteiger partial charge in [-0.2, -0.15) is 0 Å². The summed E-state index contributed by atoms with van der Waals surface area (Å²) >= 11 is 0. The average molecular weight is 350 g/mol. The summed E-state index contributed by atoms with van der Waals surface area (Å²) in [6.07, 6.45) is -1.10. The van der Waals surface area contributed by atoms with Crippen molar-refractivity contribution in [2.75, 3.05) is 14.1 Å². The summed E-state index contributed by atoms with van der Waals surface area (Å²) in [6, 6.07) is 9.12. The molecule has 0 aromatic heterocycles. The number of rotatable bonds is 2. The molecule has 2 aliphatic heterocycles. The van der Waals surface area contributed by atoms with Gasteiger partial charge in [-0.15, -0.1) is 0 Å². The van der Waals surface area contributed by atoms with Gasteiger partial charge in [-0.05, 0) is 35.4 Å². The standard InChI is InChI=1S/C19H14N2O5/c1-20-16(23)11-5-3-9(7-13(11)18(20)25)15(22)10-4-6-12-14(8-10)19(26)21(2)17(12)24/h3-8,15,22H,1-2H3. The van der Waals surface area contributed by atoms with Gasteiger partial charge in [0.05, 0.1) is 22.3 Å². The molecule has 0 spiro atoms. The number of hydrogen-bond donors (Lipinski definition) is 1. The average Bonchev–Trinajstić information content (AvgIpc) is 3.01. The normalized spacial score (nSPS) is 16.0. The number of nitrogens with zero attached hydrogens (tertiary/aromatic N) is 2. The molecule has 0 radical (unpaired) electrons. The maximum atomic E-state index is 12.1. The van der Waals surface area contributed by atoms with Crippen molar-refractivity contribution in [3.8, 4) is 0 Å². The largest absolute Gasteiger partial charge is 0.384 e. The number of carbonyl (C=O) groups is 4. The molecule has 0 aliphatic carbocycles. The first-order valence-electron chi connectivity index (χ1n) is 7.92. The highest BCUT2D eigenvalue weighted by Crippen LogP contribution is 2.31. The number of carbonyl (C=O) groups excluding carboxylic acids is 4. The summed E-state index contributed by atoms with van der Waals surface area (Å²) in [5.41, 5.74) is 1.91. The molecule has 4 rings (SSSR count). The van der Waals surface area contributed by atoms with Crippen LogP contribution in [0.1, 0.15) is 58.7 Å². The summed E-state index contributed by atoms with van der Waals surface area (Å²) in [6.45, 7) is 0. The number of amides is 4. The highest BCUT2D eigenvalue weighted by atomic mass is 16.3. The van der Waals surface area contributed by atoms with Gasteiger partial charge < -0.3 is 5.11 Å². The molecule has 2 aromatic carbocycles. The first-order chi connectivity index (χ1) is 12.3. The van der Waals surface area contributed by atoms with Gasteiger partial charge in [-0.25, -0.2) is 0 Å². The third kappa shape index (κ3) is 2.04. The van der Waals surface area contributed by atoms with Crippen molar-refractivity contribution in [1.29, 1.82) is 0 Å². The molecule has 0 fully saturated rings. The molecular formula is C19H14N2O5. The van der Waals surface area contributed by atoms with Crippen LogP contribution in [0.5, 0.6) is 0 Å². The highest BCUT2D eigenvalue weighted by molar-refractivity contribution is 6.22. The van der Waals surface area contributed by atoms with E-state index in [0.29, 0.717) is 22.3 Å². The van der Waals surface area contributed by atoms with E-state index in [4.69, 9.17) is 0 Å². The second-order valence-corrected chi connectivity index (χ2v) is 6.35. The molecule has 2 aromatic rings. The van der Waals surface area contributed by atoms with E-state index in [2.05, 4.69) is 0 Å². The SMILES string of the molecule is CN1C(=O)c2ccc(C(O)c3ccc4c(c3)C(=O)N(C)C4=O)cc2C1=O. The zero-order valence-corrected chi connectivity index (χ0v) is 14.0. The first-order valence-corrected chi connectivity index (χ1v) is 7.92. The summed E-state index contributed by atoms with van der Waals surface area (Å²) in [4.78, 5) is 50.2. The zero-order valence-electron chi connectivity index (χ0n) is 14.0. The molecular weight excluding hydrogens is 336 g/mol. The van der Waals surface area contributed by atoms with Crippen molar-refractivity contribution in [2.45, 2.75) is 6.10 Å². The Morgan fingerprint density at radius 1 is 0.654 bits per heavy atom. The van der Waals surface area contributed by atoms with Crippen LogP contribution < -0.4 is 0 Å². The molecule has 0 saturated carbocycles. The maximum Gasteiger partial charge on any atom is 0.261 e. The lowest BCUT2D eigenvalue weighted by molar-refractivity contribution is 0.0678.